The number of aliphatic hydroxyl groups is 1. The molecule has 8 amide bonds. The predicted molar refractivity (Wildman–Crippen MR) is 280 cm³/mol. The lowest BCUT2D eigenvalue weighted by Gasteiger charge is -2.30. The fourth-order valence-electron chi connectivity index (χ4n) is 8.67. The number of carbonyl (C=O) groups is 8. The fourth-order valence-corrected chi connectivity index (χ4v) is 8.67. The van der Waals surface area contributed by atoms with Crippen molar-refractivity contribution in [3.05, 3.63) is 47.8 Å². The Morgan fingerprint density at radius 3 is 1.97 bits per heavy atom. The largest absolute Gasteiger partial charge is 0.399 e. The first-order valence-electron chi connectivity index (χ1n) is 26.3. The molecule has 0 spiro atoms. The Balaban J connectivity index is 2.28. The van der Waals surface area contributed by atoms with Crippen LogP contribution in [0.1, 0.15) is 124 Å². The number of rotatable bonds is 36. The first kappa shape index (κ1) is 64.2. The highest BCUT2D eigenvalue weighted by Gasteiger charge is 2.33. The molecule has 0 saturated heterocycles. The molecule has 0 heterocycles. The topological polar surface area (TPSA) is 349 Å². The molecule has 0 aliphatic heterocycles. The Morgan fingerprint density at radius 2 is 1.36 bits per heavy atom. The van der Waals surface area contributed by atoms with Gasteiger partial charge in [-0.05, 0) is 83.4 Å². The van der Waals surface area contributed by atoms with E-state index in [1.165, 1.54) is 18.1 Å². The number of carbonyl (C=O) groups excluding carboxylic acids is 8. The van der Waals surface area contributed by atoms with Gasteiger partial charge in [0.25, 0.3) is 0 Å². The van der Waals surface area contributed by atoms with Crippen molar-refractivity contribution in [1.82, 2.24) is 52.2 Å². The standard InChI is InChI=1S/C51H89N13O10/c1-7-62(35(4)5)25-15-14-21-40(49(71)61-43(33-65)48(70)55-24-22-46(68)63(32-44(53)66)30-39(52)31-64(54)26-16-23-56-74)59-51(73)42(29-38-19-12-9-13-20-38)60-47(69)36(6)57-50(72)41(58-45(67)27-34(2)3)28-37-17-10-8-11-18-37/h8,10-11,17-18,31,34-36,38,40-43,56,65,74H,7,9,12-16,19-30,32-33,52,54H2,1-6H3,(H2,53,66)(H,55,70)(H,57,72)(H,58,67)(H,59,73)(H,60,69)(H,61,71)/b39-31-/t36-,40-,41?,42?,43?/m0/s1. The minimum absolute atomic E-state index is 0.0478. The summed E-state index contributed by atoms with van der Waals surface area (Å²) >= 11 is 0. The van der Waals surface area contributed by atoms with Crippen molar-refractivity contribution in [2.24, 2.45) is 29.1 Å². The molecule has 23 heteroatoms. The van der Waals surface area contributed by atoms with Gasteiger partial charge in [0.1, 0.15) is 30.2 Å². The minimum atomic E-state index is -1.49. The lowest BCUT2D eigenvalue weighted by molar-refractivity contribution is -0.136. The summed E-state index contributed by atoms with van der Waals surface area (Å²) in [5.74, 6) is 0.892. The normalized spacial score (nSPS) is 15.1. The second-order valence-electron chi connectivity index (χ2n) is 19.9. The number of nitrogens with zero attached hydrogens (tertiary/aromatic N) is 3. The smallest absolute Gasteiger partial charge is 0.244 e. The van der Waals surface area contributed by atoms with Crippen LogP contribution in [0.4, 0.5) is 0 Å². The fraction of sp³-hybridized carbons (Fsp3) is 0.686. The molecule has 0 radical (unpaired) electrons. The maximum Gasteiger partial charge on any atom is 0.244 e. The number of amides is 8. The Bertz CT molecular complexity index is 1940. The highest BCUT2D eigenvalue weighted by Crippen LogP contribution is 2.27. The average molecular weight is 1040 g/mol. The lowest BCUT2D eigenvalue weighted by atomic mass is 9.84. The maximum atomic E-state index is 14.4. The van der Waals surface area contributed by atoms with E-state index >= 15 is 0 Å². The van der Waals surface area contributed by atoms with Crippen molar-refractivity contribution >= 4 is 47.3 Å². The Labute approximate surface area is 437 Å². The molecule has 1 saturated carbocycles. The highest BCUT2D eigenvalue weighted by atomic mass is 16.5. The molecule has 74 heavy (non-hydrogen) atoms. The van der Waals surface area contributed by atoms with E-state index in [0.717, 1.165) is 55.7 Å². The van der Waals surface area contributed by atoms with Gasteiger partial charge in [-0.2, -0.15) is 0 Å². The average Bonchev–Trinajstić information content (AvgIpc) is 3.34. The molecule has 418 valence electrons. The summed E-state index contributed by atoms with van der Waals surface area (Å²) in [7, 11) is 0. The summed E-state index contributed by atoms with van der Waals surface area (Å²) in [6.07, 6.45) is 8.14. The summed E-state index contributed by atoms with van der Waals surface area (Å²) < 4.78 is 0. The van der Waals surface area contributed by atoms with Gasteiger partial charge < -0.3 is 68.5 Å². The van der Waals surface area contributed by atoms with Gasteiger partial charge >= 0.3 is 0 Å². The third-order valence-electron chi connectivity index (χ3n) is 12.7. The molecule has 15 N–H and O–H groups in total. The van der Waals surface area contributed by atoms with E-state index in [2.05, 4.69) is 57.6 Å². The second-order valence-corrected chi connectivity index (χ2v) is 19.9. The summed E-state index contributed by atoms with van der Waals surface area (Å²) in [5, 5.41) is 36.6. The van der Waals surface area contributed by atoms with Crippen LogP contribution < -0.4 is 54.7 Å². The zero-order chi connectivity index (χ0) is 55.2. The quantitative estimate of drug-likeness (QED) is 0.0234. The molecule has 1 aliphatic carbocycles. The van der Waals surface area contributed by atoms with E-state index in [0.29, 0.717) is 25.8 Å². The number of benzene rings is 1. The van der Waals surface area contributed by atoms with E-state index < -0.39 is 84.7 Å². The van der Waals surface area contributed by atoms with Crippen LogP contribution in [-0.2, 0) is 44.8 Å². The number of aliphatic hydroxyl groups excluding tert-OH is 1. The van der Waals surface area contributed by atoms with Crippen LogP contribution in [0.5, 0.6) is 0 Å². The number of nitrogens with two attached hydrogens (primary N) is 3. The van der Waals surface area contributed by atoms with E-state index in [-0.39, 0.29) is 81.2 Å². The van der Waals surface area contributed by atoms with Gasteiger partial charge in [-0.1, -0.05) is 83.2 Å². The third kappa shape index (κ3) is 25.9. The molecule has 0 bridgehead atoms. The Kier molecular flexibility index (Phi) is 30.7. The Hall–Kier alpha value is -5.88. The van der Waals surface area contributed by atoms with Crippen molar-refractivity contribution in [3.8, 4) is 0 Å². The number of unbranched alkanes of at least 4 members (excludes halogenated alkanes) is 1. The van der Waals surface area contributed by atoms with Gasteiger partial charge in [0, 0.05) is 56.8 Å². The van der Waals surface area contributed by atoms with E-state index in [1.54, 1.807) is 0 Å². The van der Waals surface area contributed by atoms with Crippen LogP contribution in [-0.4, -0.2) is 161 Å². The number of hydrogen-bond donors (Lipinski definition) is 12. The van der Waals surface area contributed by atoms with Gasteiger partial charge in [-0.15, -0.1) is 0 Å². The predicted octanol–water partition coefficient (Wildman–Crippen LogP) is -0.253. The van der Waals surface area contributed by atoms with Crippen molar-refractivity contribution in [2.45, 2.75) is 161 Å². The van der Waals surface area contributed by atoms with Crippen molar-refractivity contribution in [3.63, 3.8) is 0 Å². The highest BCUT2D eigenvalue weighted by molar-refractivity contribution is 5.96. The van der Waals surface area contributed by atoms with Gasteiger partial charge in [0.2, 0.25) is 47.3 Å². The first-order chi connectivity index (χ1) is 35.2. The molecule has 23 nitrogen and oxygen atoms in total. The molecular weight excluding hydrogens is 955 g/mol. The molecule has 1 aromatic rings. The SMILES string of the molecule is CCN(CCCC[C@H](NC(=O)C(CC1CCCCC1)NC(=O)[C@H](C)NC(=O)C(Cc1ccccc1)NC(=O)CC(C)C)C(=O)NC(CO)C(=O)NCCC(=O)N(CC(N)=O)C/C(N)=C/N(N)CCCNO)C(C)C. The molecule has 3 unspecified atom stereocenters. The van der Waals surface area contributed by atoms with Crippen LogP contribution in [0.2, 0.25) is 0 Å². The van der Waals surface area contributed by atoms with Gasteiger partial charge in [-0.3, -0.25) is 38.4 Å². The van der Waals surface area contributed by atoms with Crippen LogP contribution in [0.3, 0.4) is 0 Å². The number of hydrazine groups is 1. The van der Waals surface area contributed by atoms with Crippen LogP contribution in [0, 0.1) is 11.8 Å². The third-order valence-corrected chi connectivity index (χ3v) is 12.7. The van der Waals surface area contributed by atoms with E-state index in [4.69, 9.17) is 22.5 Å². The summed E-state index contributed by atoms with van der Waals surface area (Å²) in [6, 6.07) is 3.54. The Morgan fingerprint density at radius 1 is 0.730 bits per heavy atom. The molecule has 5 atom stereocenters. The zero-order valence-electron chi connectivity index (χ0n) is 44.7. The van der Waals surface area contributed by atoms with Gasteiger partial charge in [0.05, 0.1) is 19.7 Å². The zero-order valence-corrected chi connectivity index (χ0v) is 44.7. The maximum absolute atomic E-state index is 14.4. The van der Waals surface area contributed by atoms with Crippen LogP contribution >= 0.6 is 0 Å². The minimum Gasteiger partial charge on any atom is -0.399 e. The number of nitrogens with one attached hydrogen (secondary N) is 7. The molecule has 0 aromatic heterocycles. The molecule has 2 rings (SSSR count). The van der Waals surface area contributed by atoms with E-state index in [1.807, 2.05) is 49.7 Å². The lowest BCUT2D eigenvalue weighted by Crippen LogP contribution is -2.59. The van der Waals surface area contributed by atoms with Gasteiger partial charge in [0.15, 0.2) is 0 Å². The molecule has 1 aromatic carbocycles. The first-order valence-corrected chi connectivity index (χ1v) is 26.3. The van der Waals surface area contributed by atoms with Crippen molar-refractivity contribution in [2.75, 3.05) is 52.4 Å². The molecule has 1 fully saturated rings. The van der Waals surface area contributed by atoms with Crippen molar-refractivity contribution in [1.29, 1.82) is 0 Å². The number of hydroxylamine groups is 1. The number of hydrogen-bond acceptors (Lipinski definition) is 15. The molecular formula is C51H89N13O10. The van der Waals surface area contributed by atoms with Crippen LogP contribution in [0.25, 0.3) is 0 Å². The number of primary amides is 1. The van der Waals surface area contributed by atoms with Crippen LogP contribution in [0.15, 0.2) is 42.2 Å². The second kappa shape index (κ2) is 35.3. The summed E-state index contributed by atoms with van der Waals surface area (Å²) in [6.45, 7) is 11.8. The monoisotopic (exact) mass is 1040 g/mol. The van der Waals surface area contributed by atoms with Gasteiger partial charge in [-0.25, -0.2) is 11.3 Å². The molecule has 1 aliphatic rings. The summed E-state index contributed by atoms with van der Waals surface area (Å²) in [5.41, 5.74) is 14.4. The van der Waals surface area contributed by atoms with Crippen molar-refractivity contribution < 1.29 is 48.7 Å². The van der Waals surface area contributed by atoms with E-state index in [9.17, 15) is 43.5 Å². The summed E-state index contributed by atoms with van der Waals surface area (Å²) in [4.78, 5) is 111.